The van der Waals surface area contributed by atoms with Gasteiger partial charge >= 0.3 is 5.97 Å². The number of rotatable bonds is 4. The number of nitrogens with one attached hydrogen (secondary N) is 2. The molecule has 3 N–H and O–H groups in total. The van der Waals surface area contributed by atoms with Gasteiger partial charge in [0.05, 0.1) is 23.7 Å². The van der Waals surface area contributed by atoms with Gasteiger partial charge in [0, 0.05) is 5.69 Å². The molecule has 0 aliphatic carbocycles. The van der Waals surface area contributed by atoms with Crippen LogP contribution in [0.1, 0.15) is 10.4 Å². The van der Waals surface area contributed by atoms with E-state index < -0.39 is 5.97 Å². The van der Waals surface area contributed by atoms with Crippen LogP contribution in [0.3, 0.4) is 0 Å². The highest BCUT2D eigenvalue weighted by Crippen LogP contribution is 2.21. The summed E-state index contributed by atoms with van der Waals surface area (Å²) >= 11 is 0. The molecule has 0 aliphatic rings. The minimum absolute atomic E-state index is 0.194. The standard InChI is InChI=1S/C16H13N5O3/c1-24-11-5-3-10(4-6-11)17-15-19-16-18-12-8-9(14(22)23)2-7-13(12)21(16)20-15/h2-8H,1H3,(H,22,23)(H2,17,18,19,20). The van der Waals surface area contributed by atoms with Crippen molar-refractivity contribution < 1.29 is 14.6 Å². The van der Waals surface area contributed by atoms with E-state index in [1.54, 1.807) is 17.7 Å². The molecule has 8 heteroatoms. The Morgan fingerprint density at radius 3 is 2.71 bits per heavy atom. The quantitative estimate of drug-likeness (QED) is 0.533. The van der Waals surface area contributed by atoms with Crippen molar-refractivity contribution in [3.63, 3.8) is 0 Å². The van der Waals surface area contributed by atoms with Gasteiger partial charge in [-0.3, -0.25) is 5.10 Å². The number of hydrogen-bond acceptors (Lipinski definition) is 5. The molecule has 24 heavy (non-hydrogen) atoms. The summed E-state index contributed by atoms with van der Waals surface area (Å²) in [5.41, 5.74) is 2.38. The molecule has 4 rings (SSSR count). The predicted octanol–water partition coefficient (Wildman–Crippen LogP) is 2.66. The van der Waals surface area contributed by atoms with Gasteiger partial charge < -0.3 is 15.2 Å². The number of hydrogen-bond donors (Lipinski definition) is 3. The third kappa shape index (κ3) is 2.30. The van der Waals surface area contributed by atoms with Crippen molar-refractivity contribution in [2.75, 3.05) is 12.4 Å². The van der Waals surface area contributed by atoms with Crippen molar-refractivity contribution in [3.05, 3.63) is 48.0 Å². The zero-order valence-corrected chi connectivity index (χ0v) is 12.6. The normalized spacial score (nSPS) is 11.0. The summed E-state index contributed by atoms with van der Waals surface area (Å²) in [7, 11) is 1.62. The van der Waals surface area contributed by atoms with Gasteiger partial charge in [0.2, 0.25) is 5.95 Å². The summed E-state index contributed by atoms with van der Waals surface area (Å²) in [6.45, 7) is 0. The minimum Gasteiger partial charge on any atom is -0.497 e. The smallest absolute Gasteiger partial charge is 0.335 e. The molecule has 0 unspecified atom stereocenters. The first kappa shape index (κ1) is 14.1. The molecular weight excluding hydrogens is 310 g/mol. The number of aromatic amines is 1. The molecule has 2 aromatic carbocycles. The summed E-state index contributed by atoms with van der Waals surface area (Å²) in [5.74, 6) is 0.786. The van der Waals surface area contributed by atoms with Crippen LogP contribution in [0, 0.1) is 0 Å². The number of H-pyrrole nitrogens is 1. The Labute approximate surface area is 135 Å². The van der Waals surface area contributed by atoms with Crippen LogP contribution in [-0.2, 0) is 0 Å². The van der Waals surface area contributed by atoms with Gasteiger partial charge in [0.25, 0.3) is 5.78 Å². The fourth-order valence-corrected chi connectivity index (χ4v) is 2.48. The molecule has 0 spiro atoms. The van der Waals surface area contributed by atoms with E-state index in [1.165, 1.54) is 12.1 Å². The van der Waals surface area contributed by atoms with Crippen molar-refractivity contribution in [2.24, 2.45) is 0 Å². The summed E-state index contributed by atoms with van der Waals surface area (Å²) < 4.78 is 6.82. The van der Waals surface area contributed by atoms with Gasteiger partial charge in [-0.15, -0.1) is 0 Å². The van der Waals surface area contributed by atoms with Gasteiger partial charge in [-0.25, -0.2) is 14.3 Å². The number of imidazole rings is 1. The number of anilines is 2. The van der Waals surface area contributed by atoms with Crippen LogP contribution in [-0.4, -0.2) is 37.8 Å². The monoisotopic (exact) mass is 323 g/mol. The summed E-state index contributed by atoms with van der Waals surface area (Å²) in [4.78, 5) is 19.7. The first-order valence-electron chi connectivity index (χ1n) is 7.16. The SMILES string of the molecule is COc1ccc(Nc2nc3nc4cc(C(=O)O)ccc4n3[nH]2)cc1. The summed E-state index contributed by atoms with van der Waals surface area (Å²) in [5, 5.41) is 15.3. The number of carbonyl (C=O) groups is 1. The number of methoxy groups -OCH3 is 1. The Morgan fingerprint density at radius 2 is 2.00 bits per heavy atom. The van der Waals surface area contributed by atoms with Crippen molar-refractivity contribution in [3.8, 4) is 5.75 Å². The van der Waals surface area contributed by atoms with Crippen LogP contribution in [0.4, 0.5) is 11.6 Å². The van der Waals surface area contributed by atoms with Gasteiger partial charge in [0.15, 0.2) is 0 Å². The molecule has 8 nitrogen and oxygen atoms in total. The van der Waals surface area contributed by atoms with E-state index in [9.17, 15) is 4.79 Å². The number of aromatic nitrogens is 4. The Balaban J connectivity index is 1.69. The number of ether oxygens (including phenoxy) is 1. The molecule has 4 aromatic rings. The molecule has 120 valence electrons. The van der Waals surface area contributed by atoms with Gasteiger partial charge in [-0.2, -0.15) is 4.98 Å². The second-order valence-electron chi connectivity index (χ2n) is 5.18. The number of carboxylic acid groups (broad SMARTS) is 1. The van der Waals surface area contributed by atoms with Crippen LogP contribution in [0.2, 0.25) is 0 Å². The fraction of sp³-hybridized carbons (Fsp3) is 0.0625. The maximum Gasteiger partial charge on any atom is 0.335 e. The van der Waals surface area contributed by atoms with Crippen LogP contribution >= 0.6 is 0 Å². The number of nitrogens with zero attached hydrogens (tertiary/aromatic N) is 3. The predicted molar refractivity (Wildman–Crippen MR) is 88.1 cm³/mol. The lowest BCUT2D eigenvalue weighted by Gasteiger charge is -2.03. The number of carboxylic acids is 1. The second kappa shape index (κ2) is 5.27. The average molecular weight is 323 g/mol. The van der Waals surface area contributed by atoms with Crippen molar-refractivity contribution in [1.82, 2.24) is 19.6 Å². The Hall–Kier alpha value is -3.55. The molecule has 0 saturated heterocycles. The molecule has 0 radical (unpaired) electrons. The molecule has 2 aromatic heterocycles. The van der Waals surface area contributed by atoms with Gasteiger partial charge in [0.1, 0.15) is 5.75 Å². The molecular formula is C16H13N5O3. The van der Waals surface area contributed by atoms with Crippen LogP contribution < -0.4 is 10.1 Å². The summed E-state index contributed by atoms with van der Waals surface area (Å²) in [6.07, 6.45) is 0. The lowest BCUT2D eigenvalue weighted by molar-refractivity contribution is 0.0697. The first-order valence-corrected chi connectivity index (χ1v) is 7.16. The maximum absolute atomic E-state index is 11.0. The summed E-state index contributed by atoms with van der Waals surface area (Å²) in [6, 6.07) is 12.2. The molecule has 0 bridgehead atoms. The number of aromatic carboxylic acids is 1. The van der Waals surface area contributed by atoms with E-state index in [0.717, 1.165) is 17.0 Å². The largest absolute Gasteiger partial charge is 0.497 e. The highest BCUT2D eigenvalue weighted by atomic mass is 16.5. The van der Waals surface area contributed by atoms with Crippen molar-refractivity contribution in [2.45, 2.75) is 0 Å². The van der Waals surface area contributed by atoms with E-state index in [2.05, 4.69) is 20.4 Å². The van der Waals surface area contributed by atoms with Crippen molar-refractivity contribution in [1.29, 1.82) is 0 Å². The van der Waals surface area contributed by atoms with Crippen molar-refractivity contribution >= 4 is 34.4 Å². The van der Waals surface area contributed by atoms with Crippen LogP contribution in [0.15, 0.2) is 42.5 Å². The van der Waals surface area contributed by atoms with E-state index in [-0.39, 0.29) is 5.56 Å². The molecule has 2 heterocycles. The highest BCUT2D eigenvalue weighted by Gasteiger charge is 2.12. The fourth-order valence-electron chi connectivity index (χ4n) is 2.48. The lowest BCUT2D eigenvalue weighted by Crippen LogP contribution is -1.96. The third-order valence-corrected chi connectivity index (χ3v) is 3.67. The van der Waals surface area contributed by atoms with Gasteiger partial charge in [-0.1, -0.05) is 0 Å². The van der Waals surface area contributed by atoms with E-state index >= 15 is 0 Å². The minimum atomic E-state index is -0.983. The molecule has 0 amide bonds. The zero-order chi connectivity index (χ0) is 16.7. The molecule has 0 atom stereocenters. The van der Waals surface area contributed by atoms with E-state index in [4.69, 9.17) is 9.84 Å². The highest BCUT2D eigenvalue weighted by molar-refractivity contribution is 5.93. The second-order valence-corrected chi connectivity index (χ2v) is 5.18. The number of fused-ring (bicyclic) bond motifs is 3. The molecule has 0 fully saturated rings. The molecule has 0 saturated carbocycles. The third-order valence-electron chi connectivity index (χ3n) is 3.67. The zero-order valence-electron chi connectivity index (χ0n) is 12.6. The Bertz CT molecular complexity index is 1050. The lowest BCUT2D eigenvalue weighted by atomic mass is 10.2. The number of benzene rings is 2. The Kier molecular flexibility index (Phi) is 3.09. The topological polar surface area (TPSA) is 105 Å². The van der Waals surface area contributed by atoms with Crippen LogP contribution in [0.25, 0.3) is 16.8 Å². The molecule has 0 aliphatic heterocycles. The van der Waals surface area contributed by atoms with Crippen LogP contribution in [0.5, 0.6) is 5.75 Å². The van der Waals surface area contributed by atoms with E-state index in [1.807, 2.05) is 24.3 Å². The maximum atomic E-state index is 11.0. The Morgan fingerprint density at radius 1 is 1.21 bits per heavy atom. The average Bonchev–Trinajstić information content (AvgIpc) is 3.11. The first-order chi connectivity index (χ1) is 11.6. The van der Waals surface area contributed by atoms with E-state index in [0.29, 0.717) is 17.2 Å². The van der Waals surface area contributed by atoms with Gasteiger partial charge in [-0.05, 0) is 42.5 Å².